The molecule has 8 heteroatoms. The average molecular weight is 309 g/mol. The first-order chi connectivity index (χ1) is 8.50. The van der Waals surface area contributed by atoms with Crippen LogP contribution in [-0.4, -0.2) is 38.2 Å². The van der Waals surface area contributed by atoms with Crippen LogP contribution in [0.2, 0.25) is 0 Å². The molecular formula is C11H21ClN4O2S. The molecule has 1 atom stereocenters. The van der Waals surface area contributed by atoms with Crippen molar-refractivity contribution in [3.8, 4) is 0 Å². The standard InChI is InChI=1S/C11H20N4O2S.ClH/c1-8-11(9(2)15-14-8)18(16,17)13-7-10-4-3-5-12-6-10;/h10,12-13H,3-7H2,1-2H3,(H,14,15);1H. The summed E-state index contributed by atoms with van der Waals surface area (Å²) >= 11 is 0. The first-order valence-electron chi connectivity index (χ1n) is 6.22. The molecule has 2 rings (SSSR count). The van der Waals surface area contributed by atoms with Gasteiger partial charge >= 0.3 is 0 Å². The summed E-state index contributed by atoms with van der Waals surface area (Å²) in [6.07, 6.45) is 2.18. The zero-order valence-corrected chi connectivity index (χ0v) is 12.8. The van der Waals surface area contributed by atoms with E-state index in [1.165, 1.54) is 0 Å². The highest BCUT2D eigenvalue weighted by Crippen LogP contribution is 2.17. The minimum Gasteiger partial charge on any atom is -0.316 e. The van der Waals surface area contributed by atoms with Crippen molar-refractivity contribution in [3.63, 3.8) is 0 Å². The van der Waals surface area contributed by atoms with Crippen LogP contribution in [0.3, 0.4) is 0 Å². The van der Waals surface area contributed by atoms with Crippen molar-refractivity contribution in [1.82, 2.24) is 20.2 Å². The molecule has 1 aromatic heterocycles. The van der Waals surface area contributed by atoms with E-state index in [2.05, 4.69) is 20.2 Å². The quantitative estimate of drug-likeness (QED) is 0.765. The number of aromatic nitrogens is 2. The number of aryl methyl sites for hydroxylation is 2. The van der Waals surface area contributed by atoms with Crippen LogP contribution in [0.4, 0.5) is 0 Å². The highest BCUT2D eigenvalue weighted by Gasteiger charge is 2.23. The SMILES string of the molecule is Cc1n[nH]c(C)c1S(=O)(=O)NCC1CCCNC1.Cl. The van der Waals surface area contributed by atoms with Crippen molar-refractivity contribution in [2.24, 2.45) is 5.92 Å². The fourth-order valence-electron chi connectivity index (χ4n) is 2.33. The summed E-state index contributed by atoms with van der Waals surface area (Å²) in [5.41, 5.74) is 1.10. The Balaban J connectivity index is 0.00000180. The molecule has 0 amide bonds. The summed E-state index contributed by atoms with van der Waals surface area (Å²) in [7, 11) is -3.45. The maximum Gasteiger partial charge on any atom is 0.244 e. The molecule has 0 radical (unpaired) electrons. The first kappa shape index (κ1) is 16.4. The van der Waals surface area contributed by atoms with Crippen molar-refractivity contribution in [3.05, 3.63) is 11.4 Å². The van der Waals surface area contributed by atoms with Gasteiger partial charge < -0.3 is 5.32 Å². The highest BCUT2D eigenvalue weighted by molar-refractivity contribution is 7.89. The van der Waals surface area contributed by atoms with Gasteiger partial charge in [0.15, 0.2) is 0 Å². The summed E-state index contributed by atoms with van der Waals surface area (Å²) in [4.78, 5) is 0.284. The molecule has 0 spiro atoms. The number of hydrogen-bond donors (Lipinski definition) is 3. The number of H-pyrrole nitrogens is 1. The summed E-state index contributed by atoms with van der Waals surface area (Å²) in [5, 5.41) is 9.90. The van der Waals surface area contributed by atoms with Crippen LogP contribution in [0.25, 0.3) is 0 Å². The molecule has 1 saturated heterocycles. The normalized spacial score (nSPS) is 20.0. The second kappa shape index (κ2) is 6.69. The lowest BCUT2D eigenvalue weighted by Crippen LogP contribution is -2.38. The van der Waals surface area contributed by atoms with Gasteiger partial charge in [-0.3, -0.25) is 5.10 Å². The molecule has 0 saturated carbocycles. The molecule has 1 aliphatic heterocycles. The highest BCUT2D eigenvalue weighted by atomic mass is 35.5. The second-order valence-electron chi connectivity index (χ2n) is 4.83. The fraction of sp³-hybridized carbons (Fsp3) is 0.727. The predicted molar refractivity (Wildman–Crippen MR) is 76.1 cm³/mol. The van der Waals surface area contributed by atoms with Gasteiger partial charge in [0.2, 0.25) is 10.0 Å². The molecule has 0 aromatic carbocycles. The van der Waals surface area contributed by atoms with Crippen LogP contribution in [0.5, 0.6) is 0 Å². The van der Waals surface area contributed by atoms with Crippen LogP contribution in [-0.2, 0) is 10.0 Å². The van der Waals surface area contributed by atoms with Gasteiger partial charge in [0, 0.05) is 6.54 Å². The fourth-order valence-corrected chi connectivity index (χ4v) is 3.82. The Kier molecular flexibility index (Phi) is 5.79. The zero-order valence-electron chi connectivity index (χ0n) is 11.2. The lowest BCUT2D eigenvalue weighted by atomic mass is 10.0. The first-order valence-corrected chi connectivity index (χ1v) is 7.71. The van der Waals surface area contributed by atoms with Gasteiger partial charge in [-0.2, -0.15) is 5.10 Å². The number of nitrogens with zero attached hydrogens (tertiary/aromatic N) is 1. The summed E-state index contributed by atoms with van der Waals surface area (Å²) < 4.78 is 27.1. The summed E-state index contributed by atoms with van der Waals surface area (Å²) in [6.45, 7) is 5.81. The Morgan fingerprint density at radius 2 is 2.16 bits per heavy atom. The van der Waals surface area contributed by atoms with Gasteiger partial charge in [-0.15, -0.1) is 12.4 Å². The molecule has 1 aromatic rings. The average Bonchev–Trinajstić information content (AvgIpc) is 2.69. The van der Waals surface area contributed by atoms with Gasteiger partial charge in [0.1, 0.15) is 4.90 Å². The Labute approximate surface area is 120 Å². The third kappa shape index (κ3) is 3.92. The van der Waals surface area contributed by atoms with E-state index in [1.807, 2.05) is 0 Å². The molecule has 6 nitrogen and oxygen atoms in total. The lowest BCUT2D eigenvalue weighted by Gasteiger charge is -2.22. The predicted octanol–water partition coefficient (Wildman–Crippen LogP) is 0.726. The summed E-state index contributed by atoms with van der Waals surface area (Å²) in [6, 6.07) is 0. The lowest BCUT2D eigenvalue weighted by molar-refractivity contribution is 0.376. The van der Waals surface area contributed by atoms with E-state index in [4.69, 9.17) is 0 Å². The molecule has 110 valence electrons. The molecule has 3 N–H and O–H groups in total. The van der Waals surface area contributed by atoms with Crippen LogP contribution < -0.4 is 10.0 Å². The molecule has 1 fully saturated rings. The number of piperidine rings is 1. The third-order valence-corrected chi connectivity index (χ3v) is 4.98. The van der Waals surface area contributed by atoms with E-state index in [0.29, 0.717) is 23.9 Å². The van der Waals surface area contributed by atoms with E-state index in [-0.39, 0.29) is 17.3 Å². The van der Waals surface area contributed by atoms with Gasteiger partial charge in [-0.25, -0.2) is 13.1 Å². The number of aromatic amines is 1. The maximum absolute atomic E-state index is 12.2. The molecule has 2 heterocycles. The molecule has 19 heavy (non-hydrogen) atoms. The third-order valence-electron chi connectivity index (χ3n) is 3.29. The molecule has 1 unspecified atom stereocenters. The number of rotatable bonds is 4. The number of sulfonamides is 1. The minimum absolute atomic E-state index is 0. The Morgan fingerprint density at radius 3 is 2.68 bits per heavy atom. The van der Waals surface area contributed by atoms with Crippen molar-refractivity contribution in [1.29, 1.82) is 0 Å². The van der Waals surface area contributed by atoms with Gasteiger partial charge in [0.25, 0.3) is 0 Å². The van der Waals surface area contributed by atoms with Gasteiger partial charge in [-0.05, 0) is 45.7 Å². The van der Waals surface area contributed by atoms with E-state index in [0.717, 1.165) is 25.9 Å². The minimum atomic E-state index is -3.45. The maximum atomic E-state index is 12.2. The van der Waals surface area contributed by atoms with Crippen LogP contribution >= 0.6 is 12.4 Å². The second-order valence-corrected chi connectivity index (χ2v) is 6.53. The van der Waals surface area contributed by atoms with Crippen LogP contribution in [0, 0.1) is 19.8 Å². The van der Waals surface area contributed by atoms with Gasteiger partial charge in [-0.1, -0.05) is 0 Å². The molecule has 0 aliphatic carbocycles. The topological polar surface area (TPSA) is 86.9 Å². The molecule has 0 bridgehead atoms. The Bertz CT molecular complexity index is 489. The van der Waals surface area contributed by atoms with Crippen LogP contribution in [0.1, 0.15) is 24.2 Å². The van der Waals surface area contributed by atoms with E-state index in [1.54, 1.807) is 13.8 Å². The van der Waals surface area contributed by atoms with Crippen molar-refractivity contribution in [2.75, 3.05) is 19.6 Å². The zero-order chi connectivity index (χ0) is 13.2. The van der Waals surface area contributed by atoms with E-state index >= 15 is 0 Å². The number of halogens is 1. The number of hydrogen-bond acceptors (Lipinski definition) is 4. The van der Waals surface area contributed by atoms with E-state index in [9.17, 15) is 8.42 Å². The number of nitrogens with one attached hydrogen (secondary N) is 3. The van der Waals surface area contributed by atoms with Crippen molar-refractivity contribution >= 4 is 22.4 Å². The smallest absolute Gasteiger partial charge is 0.244 e. The van der Waals surface area contributed by atoms with Crippen LogP contribution in [0.15, 0.2) is 4.90 Å². The molecule has 1 aliphatic rings. The van der Waals surface area contributed by atoms with Crippen molar-refractivity contribution in [2.45, 2.75) is 31.6 Å². The van der Waals surface area contributed by atoms with Gasteiger partial charge in [0.05, 0.1) is 11.4 Å². The Morgan fingerprint density at radius 1 is 1.42 bits per heavy atom. The largest absolute Gasteiger partial charge is 0.316 e. The van der Waals surface area contributed by atoms with E-state index < -0.39 is 10.0 Å². The molecular weight excluding hydrogens is 288 g/mol. The Hall–Kier alpha value is -0.630. The monoisotopic (exact) mass is 308 g/mol. The summed E-state index contributed by atoms with van der Waals surface area (Å²) in [5.74, 6) is 0.376. The van der Waals surface area contributed by atoms with Crippen molar-refractivity contribution < 1.29 is 8.42 Å².